The van der Waals surface area contributed by atoms with E-state index in [0.717, 1.165) is 23.4 Å². The average molecular weight is 355 g/mol. The van der Waals surface area contributed by atoms with E-state index in [0.29, 0.717) is 0 Å². The van der Waals surface area contributed by atoms with Gasteiger partial charge in [0.05, 0.1) is 0 Å². The molecule has 0 fully saturated rings. The second kappa shape index (κ2) is 6.37. The topological polar surface area (TPSA) is 76.4 Å². The number of anilines is 2. The lowest BCUT2D eigenvalue weighted by Gasteiger charge is -2.19. The highest BCUT2D eigenvalue weighted by atomic mass is 32.1. The van der Waals surface area contributed by atoms with Crippen LogP contribution in [0.2, 0.25) is 0 Å². The zero-order chi connectivity index (χ0) is 18.2. The number of nitrogens with one attached hydrogen (secondary N) is 2. The van der Waals surface area contributed by atoms with E-state index >= 15 is 0 Å². The normalized spacial score (nSPS) is 12.1. The summed E-state index contributed by atoms with van der Waals surface area (Å²) in [5.74, 6) is 0. The molecule has 0 heterocycles. The summed E-state index contributed by atoms with van der Waals surface area (Å²) in [6, 6.07) is 12.0. The van der Waals surface area contributed by atoms with Crippen molar-refractivity contribution in [1.82, 2.24) is 0 Å². The molecule has 0 bridgehead atoms. The third kappa shape index (κ3) is 4.09. The molecule has 0 saturated carbocycles. The molecule has 0 unspecified atom stereocenters. The number of amides is 1. The van der Waals surface area contributed by atoms with E-state index in [1.54, 1.807) is 0 Å². The van der Waals surface area contributed by atoms with Crippen molar-refractivity contribution >= 4 is 34.8 Å². The van der Waals surface area contributed by atoms with Crippen LogP contribution in [0.3, 0.4) is 0 Å². The summed E-state index contributed by atoms with van der Waals surface area (Å²) in [7, 11) is 0. The monoisotopic (exact) mass is 355 g/mol. The number of ether oxygens (including phenoxy) is 1. The van der Waals surface area contributed by atoms with Crippen molar-refractivity contribution in [3.05, 3.63) is 47.5 Å². The van der Waals surface area contributed by atoms with Gasteiger partial charge in [0.15, 0.2) is 5.11 Å². The van der Waals surface area contributed by atoms with Gasteiger partial charge < -0.3 is 15.8 Å². The number of hydrogen-bond acceptors (Lipinski definition) is 3. The van der Waals surface area contributed by atoms with E-state index in [4.69, 9.17) is 22.7 Å². The lowest BCUT2D eigenvalue weighted by atomic mass is 10.1. The molecule has 6 heteroatoms. The van der Waals surface area contributed by atoms with E-state index in [2.05, 4.69) is 22.8 Å². The maximum Gasteiger partial charge on any atom is 0.412 e. The van der Waals surface area contributed by atoms with Crippen molar-refractivity contribution in [2.75, 3.05) is 10.6 Å². The fourth-order valence-corrected chi connectivity index (χ4v) is 3.05. The van der Waals surface area contributed by atoms with Crippen LogP contribution in [-0.4, -0.2) is 16.8 Å². The number of nitrogens with two attached hydrogens (primary N) is 1. The van der Waals surface area contributed by atoms with Crippen molar-refractivity contribution in [2.45, 2.75) is 32.8 Å². The average Bonchev–Trinajstić information content (AvgIpc) is 2.80. The predicted molar refractivity (Wildman–Crippen MR) is 105 cm³/mol. The van der Waals surface area contributed by atoms with E-state index in [1.165, 1.54) is 16.7 Å². The van der Waals surface area contributed by atoms with Crippen LogP contribution in [0.15, 0.2) is 36.4 Å². The Kier molecular flexibility index (Phi) is 4.39. The number of fused-ring (bicyclic) bond motifs is 3. The molecule has 25 heavy (non-hydrogen) atoms. The first kappa shape index (κ1) is 17.2. The molecule has 1 aliphatic rings. The van der Waals surface area contributed by atoms with Gasteiger partial charge in [0.2, 0.25) is 0 Å². The first-order valence-corrected chi connectivity index (χ1v) is 8.45. The maximum atomic E-state index is 11.9. The van der Waals surface area contributed by atoms with Gasteiger partial charge in [-0.05, 0) is 85.9 Å². The molecule has 0 aliphatic heterocycles. The summed E-state index contributed by atoms with van der Waals surface area (Å²) in [5.41, 5.74) is 11.3. The van der Waals surface area contributed by atoms with E-state index in [-0.39, 0.29) is 5.11 Å². The maximum absolute atomic E-state index is 11.9. The summed E-state index contributed by atoms with van der Waals surface area (Å²) in [5, 5.41) is 5.99. The first-order valence-electron chi connectivity index (χ1n) is 8.04. The van der Waals surface area contributed by atoms with Gasteiger partial charge in [-0.25, -0.2) is 4.79 Å². The second-order valence-corrected chi connectivity index (χ2v) is 7.48. The van der Waals surface area contributed by atoms with Crippen molar-refractivity contribution in [1.29, 1.82) is 0 Å². The molecule has 0 radical (unpaired) electrons. The lowest BCUT2D eigenvalue weighted by molar-refractivity contribution is 0.0636. The fraction of sp³-hybridized carbons (Fsp3) is 0.263. The molecule has 1 aliphatic carbocycles. The van der Waals surface area contributed by atoms with Crippen LogP contribution in [-0.2, 0) is 11.2 Å². The van der Waals surface area contributed by atoms with Crippen molar-refractivity contribution in [3.8, 4) is 11.1 Å². The number of hydrogen-bond donors (Lipinski definition) is 3. The van der Waals surface area contributed by atoms with Crippen LogP contribution in [0.4, 0.5) is 16.2 Å². The highest BCUT2D eigenvalue weighted by Gasteiger charge is 2.20. The Labute approximate surface area is 152 Å². The largest absolute Gasteiger partial charge is 0.444 e. The van der Waals surface area contributed by atoms with Gasteiger partial charge in [0, 0.05) is 11.4 Å². The zero-order valence-corrected chi connectivity index (χ0v) is 15.3. The smallest absolute Gasteiger partial charge is 0.412 e. The van der Waals surface area contributed by atoms with Crippen molar-refractivity contribution in [3.63, 3.8) is 0 Å². The second-order valence-electron chi connectivity index (χ2n) is 7.04. The SMILES string of the molecule is CC(C)(C)OC(=O)Nc1ccc2c(c1)Cc1cc(NC(N)=S)ccc1-2. The minimum absolute atomic E-state index is 0.249. The molecule has 0 aromatic heterocycles. The van der Waals surface area contributed by atoms with Crippen LogP contribution >= 0.6 is 12.2 Å². The third-order valence-corrected chi connectivity index (χ3v) is 3.90. The quantitative estimate of drug-likeness (QED) is 0.599. The van der Waals surface area contributed by atoms with Gasteiger partial charge in [0.25, 0.3) is 0 Å². The molecule has 3 rings (SSSR count). The summed E-state index contributed by atoms with van der Waals surface area (Å²) in [6.45, 7) is 5.51. The number of carbonyl (C=O) groups is 1. The number of rotatable bonds is 2. The molecule has 0 atom stereocenters. The summed E-state index contributed by atoms with van der Waals surface area (Å²) in [6.07, 6.45) is 0.340. The van der Waals surface area contributed by atoms with E-state index in [1.807, 2.05) is 45.0 Å². The Hall–Kier alpha value is -2.60. The molecule has 0 spiro atoms. The molecule has 1 amide bonds. The molecule has 0 saturated heterocycles. The minimum atomic E-state index is -0.524. The van der Waals surface area contributed by atoms with Gasteiger partial charge in [-0.2, -0.15) is 0 Å². The summed E-state index contributed by atoms with van der Waals surface area (Å²) in [4.78, 5) is 11.9. The zero-order valence-electron chi connectivity index (χ0n) is 14.5. The van der Waals surface area contributed by atoms with Gasteiger partial charge in [0.1, 0.15) is 5.60 Å². The van der Waals surface area contributed by atoms with E-state index < -0.39 is 11.7 Å². The van der Waals surface area contributed by atoms with Crippen LogP contribution in [0.1, 0.15) is 31.9 Å². The summed E-state index contributed by atoms with van der Waals surface area (Å²) >= 11 is 4.88. The minimum Gasteiger partial charge on any atom is -0.444 e. The van der Waals surface area contributed by atoms with Crippen molar-refractivity contribution in [2.24, 2.45) is 5.73 Å². The Morgan fingerprint density at radius 3 is 2.04 bits per heavy atom. The number of carbonyl (C=O) groups excluding carboxylic acids is 1. The first-order chi connectivity index (χ1) is 11.7. The molecular formula is C19H21N3O2S. The standard InChI is InChI=1S/C19H21N3O2S/c1-19(2,3)24-18(23)22-14-5-7-16-12(10-14)8-11-9-13(21-17(20)25)4-6-15(11)16/h4-7,9-10H,8H2,1-3H3,(H,22,23)(H3,20,21,25). The fourth-order valence-electron chi connectivity index (χ4n) is 2.93. The Balaban J connectivity index is 1.79. The molecular weight excluding hydrogens is 334 g/mol. The summed E-state index contributed by atoms with van der Waals surface area (Å²) < 4.78 is 5.29. The predicted octanol–water partition coefficient (Wildman–Crippen LogP) is 4.26. The van der Waals surface area contributed by atoms with E-state index in [9.17, 15) is 4.79 Å². The Bertz CT molecular complexity index is 856. The van der Waals surface area contributed by atoms with Crippen molar-refractivity contribution < 1.29 is 9.53 Å². The lowest BCUT2D eigenvalue weighted by Crippen LogP contribution is -2.27. The molecule has 4 N–H and O–H groups in total. The molecule has 2 aromatic rings. The third-order valence-electron chi connectivity index (χ3n) is 3.79. The van der Waals surface area contributed by atoms with Crippen LogP contribution in [0.5, 0.6) is 0 Å². The highest BCUT2D eigenvalue weighted by molar-refractivity contribution is 7.80. The Morgan fingerprint density at radius 2 is 1.56 bits per heavy atom. The highest BCUT2D eigenvalue weighted by Crippen LogP contribution is 2.39. The van der Waals surface area contributed by atoms with Crippen LogP contribution in [0, 0.1) is 0 Å². The molecule has 130 valence electrons. The van der Waals surface area contributed by atoms with Gasteiger partial charge in [-0.1, -0.05) is 12.1 Å². The van der Waals surface area contributed by atoms with Gasteiger partial charge >= 0.3 is 6.09 Å². The number of thiocarbonyl (C=S) groups is 1. The van der Waals surface area contributed by atoms with Gasteiger partial charge in [-0.3, -0.25) is 5.32 Å². The van der Waals surface area contributed by atoms with Crippen LogP contribution in [0.25, 0.3) is 11.1 Å². The molecule has 5 nitrogen and oxygen atoms in total. The van der Waals surface area contributed by atoms with Gasteiger partial charge in [-0.15, -0.1) is 0 Å². The van der Waals surface area contributed by atoms with Crippen LogP contribution < -0.4 is 16.4 Å². The Morgan fingerprint density at radius 1 is 1.04 bits per heavy atom. The number of benzene rings is 2. The molecule has 2 aromatic carbocycles.